The summed E-state index contributed by atoms with van der Waals surface area (Å²) in [6, 6.07) is 3.70. The Kier molecular flexibility index (Phi) is 4.82. The zero-order chi connectivity index (χ0) is 16.1. The van der Waals surface area contributed by atoms with Crippen molar-refractivity contribution in [2.24, 2.45) is 0 Å². The molecule has 0 radical (unpaired) electrons. The van der Waals surface area contributed by atoms with E-state index in [4.69, 9.17) is 4.74 Å². The molecule has 8 heteroatoms. The van der Waals surface area contributed by atoms with Gasteiger partial charge in [-0.2, -0.15) is 5.10 Å². The molecule has 2 amide bonds. The van der Waals surface area contributed by atoms with Crippen molar-refractivity contribution in [1.82, 2.24) is 30.0 Å². The quantitative estimate of drug-likeness (QED) is 0.909. The van der Waals surface area contributed by atoms with Crippen LogP contribution in [-0.4, -0.2) is 56.5 Å². The summed E-state index contributed by atoms with van der Waals surface area (Å²) in [6.45, 7) is 4.38. The summed E-state index contributed by atoms with van der Waals surface area (Å²) >= 11 is 0. The Balaban J connectivity index is 1.52. The lowest BCUT2D eigenvalue weighted by molar-refractivity contribution is -0.0154. The molecule has 0 bridgehead atoms. The van der Waals surface area contributed by atoms with Gasteiger partial charge >= 0.3 is 6.03 Å². The molecule has 1 aliphatic heterocycles. The van der Waals surface area contributed by atoms with Gasteiger partial charge in [0.2, 0.25) is 0 Å². The van der Waals surface area contributed by atoms with E-state index in [9.17, 15) is 4.79 Å². The highest BCUT2D eigenvalue weighted by Gasteiger charge is 2.22. The maximum Gasteiger partial charge on any atom is 0.317 e. The van der Waals surface area contributed by atoms with Gasteiger partial charge in [0.15, 0.2) is 5.82 Å². The fourth-order valence-corrected chi connectivity index (χ4v) is 2.42. The fraction of sp³-hybridized carbons (Fsp3) is 0.467. The number of nitrogens with one attached hydrogen (secondary N) is 1. The van der Waals surface area contributed by atoms with Crippen molar-refractivity contribution in [2.45, 2.75) is 26.0 Å². The van der Waals surface area contributed by atoms with Gasteiger partial charge < -0.3 is 15.0 Å². The molecule has 2 aromatic heterocycles. The molecule has 8 nitrogen and oxygen atoms in total. The van der Waals surface area contributed by atoms with Crippen LogP contribution in [-0.2, 0) is 11.3 Å². The predicted octanol–water partition coefficient (Wildman–Crippen LogP) is 0.983. The number of morpholine rings is 1. The lowest BCUT2D eigenvalue weighted by Gasteiger charge is -2.32. The average Bonchev–Trinajstić information content (AvgIpc) is 3.15. The van der Waals surface area contributed by atoms with Crippen molar-refractivity contribution >= 4 is 6.03 Å². The summed E-state index contributed by atoms with van der Waals surface area (Å²) in [6.07, 6.45) is 5.83. The molecule has 1 atom stereocenters. The first-order chi connectivity index (χ1) is 11.3. The molecule has 0 aromatic carbocycles. The highest BCUT2D eigenvalue weighted by molar-refractivity contribution is 5.74. The van der Waals surface area contributed by atoms with Crippen LogP contribution in [0.5, 0.6) is 0 Å². The van der Waals surface area contributed by atoms with E-state index in [1.807, 2.05) is 12.1 Å². The third kappa shape index (κ3) is 3.84. The Morgan fingerprint density at radius 3 is 3.09 bits per heavy atom. The number of carbonyl (C=O) groups is 1. The molecule has 1 saturated heterocycles. The summed E-state index contributed by atoms with van der Waals surface area (Å²) in [5, 5.41) is 6.95. The topological polar surface area (TPSA) is 85.2 Å². The Morgan fingerprint density at radius 2 is 2.39 bits per heavy atom. The van der Waals surface area contributed by atoms with Gasteiger partial charge in [-0.05, 0) is 18.1 Å². The van der Waals surface area contributed by atoms with Gasteiger partial charge in [-0.15, -0.1) is 0 Å². The van der Waals surface area contributed by atoms with Gasteiger partial charge in [0.05, 0.1) is 12.7 Å². The van der Waals surface area contributed by atoms with Crippen LogP contribution in [0.4, 0.5) is 4.79 Å². The van der Waals surface area contributed by atoms with Crippen LogP contribution in [0, 0.1) is 0 Å². The minimum absolute atomic E-state index is 0.0629. The SMILES string of the molecule is CCC1CN(C(=O)NCc2ccc(-n3cncn3)nc2)CCO1. The molecule has 1 fully saturated rings. The standard InChI is InChI=1S/C15H20N6O2/c1-2-13-9-20(5-6-23-13)15(22)18-8-12-3-4-14(17-7-12)21-11-16-10-19-21/h3-4,7,10-11,13H,2,5-6,8-9H2,1H3,(H,18,22). The van der Waals surface area contributed by atoms with Crippen LogP contribution in [0.3, 0.4) is 0 Å². The van der Waals surface area contributed by atoms with Crippen LogP contribution >= 0.6 is 0 Å². The first kappa shape index (κ1) is 15.4. The number of pyridine rings is 1. The van der Waals surface area contributed by atoms with Crippen molar-refractivity contribution in [3.05, 3.63) is 36.5 Å². The molecular formula is C15H20N6O2. The zero-order valence-corrected chi connectivity index (χ0v) is 13.1. The highest BCUT2D eigenvalue weighted by atomic mass is 16.5. The molecule has 0 saturated carbocycles. The number of ether oxygens (including phenoxy) is 1. The highest BCUT2D eigenvalue weighted by Crippen LogP contribution is 2.09. The van der Waals surface area contributed by atoms with E-state index in [-0.39, 0.29) is 12.1 Å². The van der Waals surface area contributed by atoms with Crippen molar-refractivity contribution in [3.63, 3.8) is 0 Å². The van der Waals surface area contributed by atoms with Crippen LogP contribution in [0.1, 0.15) is 18.9 Å². The smallest absolute Gasteiger partial charge is 0.317 e. The molecule has 1 N–H and O–H groups in total. The summed E-state index contributed by atoms with van der Waals surface area (Å²) in [4.78, 5) is 22.2. The van der Waals surface area contributed by atoms with Crippen molar-refractivity contribution in [1.29, 1.82) is 0 Å². The second-order valence-electron chi connectivity index (χ2n) is 5.37. The molecule has 122 valence electrons. The first-order valence-electron chi connectivity index (χ1n) is 7.70. The molecule has 1 aliphatic rings. The summed E-state index contributed by atoms with van der Waals surface area (Å²) in [5.41, 5.74) is 0.933. The van der Waals surface area contributed by atoms with Crippen molar-refractivity contribution in [3.8, 4) is 5.82 Å². The number of hydrogen-bond donors (Lipinski definition) is 1. The van der Waals surface area contributed by atoms with Gasteiger partial charge in [0, 0.05) is 25.8 Å². The van der Waals surface area contributed by atoms with Gasteiger partial charge in [-0.25, -0.2) is 19.4 Å². The Hall–Kier alpha value is -2.48. The third-order valence-corrected chi connectivity index (χ3v) is 3.79. The van der Waals surface area contributed by atoms with E-state index in [2.05, 4.69) is 27.3 Å². The largest absolute Gasteiger partial charge is 0.375 e. The second kappa shape index (κ2) is 7.19. The number of carbonyl (C=O) groups excluding carboxylic acids is 1. The zero-order valence-electron chi connectivity index (χ0n) is 13.1. The normalized spacial score (nSPS) is 18.0. The predicted molar refractivity (Wildman–Crippen MR) is 83.0 cm³/mol. The van der Waals surface area contributed by atoms with Gasteiger partial charge in [0.1, 0.15) is 12.7 Å². The summed E-state index contributed by atoms with van der Waals surface area (Å²) < 4.78 is 7.16. The lowest BCUT2D eigenvalue weighted by atomic mass is 10.2. The van der Waals surface area contributed by atoms with Gasteiger partial charge in [-0.1, -0.05) is 13.0 Å². The molecule has 0 aliphatic carbocycles. The monoisotopic (exact) mass is 316 g/mol. The van der Waals surface area contributed by atoms with Crippen LogP contribution in [0.25, 0.3) is 5.82 Å². The molecule has 1 unspecified atom stereocenters. The van der Waals surface area contributed by atoms with Crippen LogP contribution < -0.4 is 5.32 Å². The molecule has 0 spiro atoms. The maximum atomic E-state index is 12.2. The number of hydrogen-bond acceptors (Lipinski definition) is 5. The second-order valence-corrected chi connectivity index (χ2v) is 5.37. The minimum atomic E-state index is -0.0629. The van der Waals surface area contributed by atoms with E-state index >= 15 is 0 Å². The van der Waals surface area contributed by atoms with Gasteiger partial charge in [-0.3, -0.25) is 0 Å². The van der Waals surface area contributed by atoms with Crippen molar-refractivity contribution in [2.75, 3.05) is 19.7 Å². The fourth-order valence-electron chi connectivity index (χ4n) is 2.42. The number of aromatic nitrogens is 4. The van der Waals surface area contributed by atoms with E-state index in [1.165, 1.54) is 6.33 Å². The number of rotatable bonds is 4. The molecule has 3 rings (SSSR count). The van der Waals surface area contributed by atoms with Crippen LogP contribution in [0.2, 0.25) is 0 Å². The number of amides is 2. The maximum absolute atomic E-state index is 12.2. The minimum Gasteiger partial charge on any atom is -0.375 e. The average molecular weight is 316 g/mol. The van der Waals surface area contributed by atoms with E-state index in [0.717, 1.165) is 12.0 Å². The number of urea groups is 1. The lowest BCUT2D eigenvalue weighted by Crippen LogP contribution is -2.49. The van der Waals surface area contributed by atoms with E-state index < -0.39 is 0 Å². The Labute approximate surface area is 134 Å². The Bertz CT molecular complexity index is 628. The Morgan fingerprint density at radius 1 is 1.48 bits per heavy atom. The summed E-state index contributed by atoms with van der Waals surface area (Å²) in [5.74, 6) is 0.691. The summed E-state index contributed by atoms with van der Waals surface area (Å²) in [7, 11) is 0. The molecule has 3 heterocycles. The number of nitrogens with zero attached hydrogens (tertiary/aromatic N) is 5. The first-order valence-corrected chi connectivity index (χ1v) is 7.70. The molecular weight excluding hydrogens is 296 g/mol. The van der Waals surface area contributed by atoms with Crippen LogP contribution in [0.15, 0.2) is 31.0 Å². The molecule has 23 heavy (non-hydrogen) atoms. The van der Waals surface area contributed by atoms with Gasteiger partial charge in [0.25, 0.3) is 0 Å². The van der Waals surface area contributed by atoms with E-state index in [1.54, 1.807) is 22.1 Å². The van der Waals surface area contributed by atoms with Crippen molar-refractivity contribution < 1.29 is 9.53 Å². The third-order valence-electron chi connectivity index (χ3n) is 3.79. The van der Waals surface area contributed by atoms with E-state index in [0.29, 0.717) is 32.1 Å². The molecule has 2 aromatic rings.